The second-order valence-electron chi connectivity index (χ2n) is 6.29. The molecule has 0 aliphatic carbocycles. The van der Waals surface area contributed by atoms with Crippen molar-refractivity contribution in [2.24, 2.45) is 5.92 Å². The first kappa shape index (κ1) is 15.8. The summed E-state index contributed by atoms with van der Waals surface area (Å²) in [6, 6.07) is 8.48. The summed E-state index contributed by atoms with van der Waals surface area (Å²) in [4.78, 5) is 11.6. The number of aromatic nitrogens is 3. The van der Waals surface area contributed by atoms with Gasteiger partial charge in [0.25, 0.3) is 0 Å². The number of Topliss-reactive ketones (excluding diaryl/α,β-unsaturated/α-hetero) is 1. The van der Waals surface area contributed by atoms with Crippen LogP contribution in [-0.2, 0) is 6.42 Å². The molecular weight excluding hydrogens is 290 g/mol. The quantitative estimate of drug-likeness (QED) is 0.825. The molecule has 1 aromatic heterocycles. The number of hydrazine groups is 1. The Labute approximate surface area is 136 Å². The van der Waals surface area contributed by atoms with E-state index in [4.69, 9.17) is 0 Å². The normalized spacial score (nSPS) is 24.0. The van der Waals surface area contributed by atoms with Gasteiger partial charge in [-0.05, 0) is 45.2 Å². The van der Waals surface area contributed by atoms with Gasteiger partial charge in [0.05, 0.1) is 0 Å². The molecule has 6 nitrogen and oxygen atoms in total. The Morgan fingerprint density at radius 3 is 2.70 bits per heavy atom. The fourth-order valence-electron chi connectivity index (χ4n) is 3.23. The molecule has 1 fully saturated rings. The van der Waals surface area contributed by atoms with Crippen LogP contribution in [-0.4, -0.2) is 32.6 Å². The molecule has 1 aliphatic heterocycles. The molecule has 2 N–H and O–H groups in total. The largest absolute Gasteiger partial charge is 0.295 e. The van der Waals surface area contributed by atoms with Gasteiger partial charge in [-0.2, -0.15) is 0 Å². The number of rotatable bonds is 5. The van der Waals surface area contributed by atoms with Crippen molar-refractivity contribution in [2.45, 2.75) is 45.7 Å². The number of nitrogens with one attached hydrogen (secondary N) is 2. The maximum atomic E-state index is 11.6. The Morgan fingerprint density at radius 2 is 2.00 bits per heavy atom. The van der Waals surface area contributed by atoms with Crippen molar-refractivity contribution in [3.8, 4) is 5.69 Å². The Morgan fingerprint density at radius 1 is 1.26 bits per heavy atom. The molecule has 3 rings (SSSR count). The first-order valence-corrected chi connectivity index (χ1v) is 8.07. The van der Waals surface area contributed by atoms with Crippen molar-refractivity contribution >= 4 is 5.78 Å². The van der Waals surface area contributed by atoms with E-state index >= 15 is 0 Å². The average molecular weight is 313 g/mol. The van der Waals surface area contributed by atoms with Crippen molar-refractivity contribution in [3.63, 3.8) is 0 Å². The van der Waals surface area contributed by atoms with Crippen LogP contribution in [0.4, 0.5) is 0 Å². The zero-order valence-corrected chi connectivity index (χ0v) is 13.8. The fourth-order valence-corrected chi connectivity index (χ4v) is 3.23. The third-order valence-corrected chi connectivity index (χ3v) is 4.67. The van der Waals surface area contributed by atoms with Crippen molar-refractivity contribution in [1.29, 1.82) is 0 Å². The fraction of sp³-hybridized carbons (Fsp3) is 0.471. The lowest BCUT2D eigenvalue weighted by Gasteiger charge is -2.17. The number of hydrogen-bond donors (Lipinski definition) is 2. The molecule has 0 amide bonds. The average Bonchev–Trinajstić information content (AvgIpc) is 3.13. The standard InChI is InChI=1S/C17H23N5O/c1-11-16(12(2)20-19-11)7-8-17-21-18-10-22(17)15-6-4-5-14(9-15)13(3)23/h4-6,9-12,16,19-20H,7-8H2,1-3H3. The minimum Gasteiger partial charge on any atom is -0.295 e. The predicted octanol–water partition coefficient (Wildman–Crippen LogP) is 1.90. The molecule has 6 heteroatoms. The summed E-state index contributed by atoms with van der Waals surface area (Å²) in [6.07, 6.45) is 3.60. The number of aryl methyl sites for hydroxylation is 1. The van der Waals surface area contributed by atoms with Gasteiger partial charge in [0.1, 0.15) is 12.2 Å². The highest BCUT2D eigenvalue weighted by atomic mass is 16.1. The first-order valence-electron chi connectivity index (χ1n) is 8.07. The van der Waals surface area contributed by atoms with Gasteiger partial charge in [-0.15, -0.1) is 10.2 Å². The number of carbonyl (C=O) groups is 1. The van der Waals surface area contributed by atoms with E-state index < -0.39 is 0 Å². The van der Waals surface area contributed by atoms with Crippen LogP contribution in [0.25, 0.3) is 5.69 Å². The van der Waals surface area contributed by atoms with Crippen LogP contribution in [0.15, 0.2) is 30.6 Å². The van der Waals surface area contributed by atoms with Gasteiger partial charge in [-0.25, -0.2) is 0 Å². The van der Waals surface area contributed by atoms with Crippen LogP contribution in [0.2, 0.25) is 0 Å². The summed E-state index contributed by atoms with van der Waals surface area (Å²) in [5.41, 5.74) is 8.20. The minimum atomic E-state index is 0.0622. The summed E-state index contributed by atoms with van der Waals surface area (Å²) >= 11 is 0. The second kappa shape index (κ2) is 6.60. The summed E-state index contributed by atoms with van der Waals surface area (Å²) < 4.78 is 1.97. The molecule has 1 saturated heterocycles. The molecule has 2 heterocycles. The molecular formula is C17H23N5O. The zero-order valence-electron chi connectivity index (χ0n) is 13.8. The van der Waals surface area contributed by atoms with Crippen LogP contribution < -0.4 is 10.9 Å². The van der Waals surface area contributed by atoms with E-state index in [1.54, 1.807) is 13.3 Å². The maximum absolute atomic E-state index is 11.6. The Balaban J connectivity index is 1.77. The first-order chi connectivity index (χ1) is 11.1. The molecule has 0 bridgehead atoms. The van der Waals surface area contributed by atoms with Crippen LogP contribution >= 0.6 is 0 Å². The Kier molecular flexibility index (Phi) is 4.54. The smallest absolute Gasteiger partial charge is 0.159 e. The molecule has 0 radical (unpaired) electrons. The number of ketones is 1. The molecule has 23 heavy (non-hydrogen) atoms. The Hall–Kier alpha value is -2.05. The van der Waals surface area contributed by atoms with Gasteiger partial charge in [0.15, 0.2) is 5.78 Å². The topological polar surface area (TPSA) is 71.8 Å². The molecule has 2 aromatic rings. The van der Waals surface area contributed by atoms with E-state index in [1.165, 1.54) is 0 Å². The molecule has 0 saturated carbocycles. The number of nitrogens with zero attached hydrogens (tertiary/aromatic N) is 3. The third kappa shape index (κ3) is 3.33. The van der Waals surface area contributed by atoms with E-state index in [9.17, 15) is 4.79 Å². The number of carbonyl (C=O) groups excluding carboxylic acids is 1. The van der Waals surface area contributed by atoms with Crippen molar-refractivity contribution in [2.75, 3.05) is 0 Å². The van der Waals surface area contributed by atoms with Gasteiger partial charge in [-0.1, -0.05) is 12.1 Å². The van der Waals surface area contributed by atoms with E-state index in [-0.39, 0.29) is 5.78 Å². The molecule has 122 valence electrons. The highest BCUT2D eigenvalue weighted by Gasteiger charge is 2.29. The lowest BCUT2D eigenvalue weighted by atomic mass is 9.91. The summed E-state index contributed by atoms with van der Waals surface area (Å²) in [7, 11) is 0. The SMILES string of the molecule is CC(=O)c1cccc(-n2cnnc2CCC2C(C)NNC2C)c1. The van der Waals surface area contributed by atoms with Crippen molar-refractivity contribution in [3.05, 3.63) is 42.0 Å². The van der Waals surface area contributed by atoms with Gasteiger partial charge < -0.3 is 0 Å². The molecule has 1 aliphatic rings. The van der Waals surface area contributed by atoms with E-state index in [1.807, 2.05) is 28.8 Å². The minimum absolute atomic E-state index is 0.0622. The summed E-state index contributed by atoms with van der Waals surface area (Å²) in [5.74, 6) is 1.55. The highest BCUT2D eigenvalue weighted by molar-refractivity contribution is 5.94. The maximum Gasteiger partial charge on any atom is 0.159 e. The van der Waals surface area contributed by atoms with Gasteiger partial charge >= 0.3 is 0 Å². The van der Waals surface area contributed by atoms with Gasteiger partial charge in [0.2, 0.25) is 0 Å². The van der Waals surface area contributed by atoms with Crippen molar-refractivity contribution < 1.29 is 4.79 Å². The molecule has 0 spiro atoms. The second-order valence-corrected chi connectivity index (χ2v) is 6.29. The lowest BCUT2D eigenvalue weighted by Crippen LogP contribution is -2.30. The van der Waals surface area contributed by atoms with E-state index in [0.717, 1.165) is 24.4 Å². The predicted molar refractivity (Wildman–Crippen MR) is 88.4 cm³/mol. The third-order valence-electron chi connectivity index (χ3n) is 4.67. The zero-order chi connectivity index (χ0) is 16.4. The lowest BCUT2D eigenvalue weighted by molar-refractivity contribution is 0.101. The summed E-state index contributed by atoms with van der Waals surface area (Å²) in [5, 5.41) is 8.32. The number of hydrogen-bond acceptors (Lipinski definition) is 5. The molecule has 2 atom stereocenters. The van der Waals surface area contributed by atoms with Gasteiger partial charge in [0, 0.05) is 29.8 Å². The summed E-state index contributed by atoms with van der Waals surface area (Å²) in [6.45, 7) is 5.97. The Bertz CT molecular complexity index is 686. The monoisotopic (exact) mass is 313 g/mol. The van der Waals surface area contributed by atoms with E-state index in [2.05, 4.69) is 34.9 Å². The van der Waals surface area contributed by atoms with Crippen LogP contribution in [0.3, 0.4) is 0 Å². The molecule has 2 unspecified atom stereocenters. The highest BCUT2D eigenvalue weighted by Crippen LogP contribution is 2.21. The van der Waals surface area contributed by atoms with Crippen LogP contribution in [0.5, 0.6) is 0 Å². The number of benzene rings is 1. The molecule has 1 aromatic carbocycles. The van der Waals surface area contributed by atoms with Crippen molar-refractivity contribution in [1.82, 2.24) is 25.6 Å². The van der Waals surface area contributed by atoms with Crippen LogP contribution in [0, 0.1) is 5.92 Å². The van der Waals surface area contributed by atoms with Gasteiger partial charge in [-0.3, -0.25) is 20.2 Å². The van der Waals surface area contributed by atoms with E-state index in [0.29, 0.717) is 23.6 Å². The van der Waals surface area contributed by atoms with Crippen LogP contribution in [0.1, 0.15) is 43.4 Å².